The molecule has 1 amide bonds. The number of carbonyl (C=O) groups is 1. The molecule has 2 heterocycles. The lowest BCUT2D eigenvalue weighted by Crippen LogP contribution is -2.45. The lowest BCUT2D eigenvalue weighted by atomic mass is 10.00. The standard InChI is InChI=1S/C18H25N3O3/c1-4-20-15-7-5-6-8-16(15)21(18(20)23)11-17(22)19-14-9-12(2)24-13(3)10-14/h5-8,12-14H,4,9-11H2,1-3H3,(H,19,22)/t12-,13+,14?. The minimum absolute atomic E-state index is 0.0481. The summed E-state index contributed by atoms with van der Waals surface area (Å²) < 4.78 is 8.95. The van der Waals surface area contributed by atoms with Gasteiger partial charge < -0.3 is 10.1 Å². The van der Waals surface area contributed by atoms with Gasteiger partial charge in [-0.15, -0.1) is 0 Å². The Morgan fingerprint density at radius 3 is 2.33 bits per heavy atom. The summed E-state index contributed by atoms with van der Waals surface area (Å²) in [5.74, 6) is -0.123. The van der Waals surface area contributed by atoms with Crippen LogP contribution in [-0.2, 0) is 22.6 Å². The van der Waals surface area contributed by atoms with E-state index in [0.29, 0.717) is 6.54 Å². The number of hydrogen-bond donors (Lipinski definition) is 1. The van der Waals surface area contributed by atoms with E-state index < -0.39 is 0 Å². The van der Waals surface area contributed by atoms with Gasteiger partial charge in [0.15, 0.2) is 0 Å². The van der Waals surface area contributed by atoms with Crippen LogP contribution in [0.15, 0.2) is 29.1 Å². The average molecular weight is 331 g/mol. The highest BCUT2D eigenvalue weighted by molar-refractivity contribution is 5.81. The van der Waals surface area contributed by atoms with Crippen molar-refractivity contribution in [2.45, 2.75) is 65.0 Å². The number of nitrogens with zero attached hydrogens (tertiary/aromatic N) is 2. The Balaban J connectivity index is 1.79. The van der Waals surface area contributed by atoms with Crippen LogP contribution >= 0.6 is 0 Å². The number of imidazole rings is 1. The molecular weight excluding hydrogens is 306 g/mol. The van der Waals surface area contributed by atoms with Crippen molar-refractivity contribution in [3.8, 4) is 0 Å². The van der Waals surface area contributed by atoms with Crippen LogP contribution in [0.1, 0.15) is 33.6 Å². The number of rotatable bonds is 4. The van der Waals surface area contributed by atoms with Crippen LogP contribution in [0.4, 0.5) is 0 Å². The third-order valence-corrected chi connectivity index (χ3v) is 4.61. The van der Waals surface area contributed by atoms with Crippen molar-refractivity contribution < 1.29 is 9.53 Å². The molecular formula is C18H25N3O3. The summed E-state index contributed by atoms with van der Waals surface area (Å²) in [4.78, 5) is 25.0. The highest BCUT2D eigenvalue weighted by Crippen LogP contribution is 2.19. The molecule has 0 bridgehead atoms. The molecule has 1 aliphatic rings. The minimum Gasteiger partial charge on any atom is -0.375 e. The average Bonchev–Trinajstić information content (AvgIpc) is 2.78. The summed E-state index contributed by atoms with van der Waals surface area (Å²) in [6, 6.07) is 7.69. The van der Waals surface area contributed by atoms with Crippen molar-refractivity contribution in [3.63, 3.8) is 0 Å². The van der Waals surface area contributed by atoms with Crippen LogP contribution in [-0.4, -0.2) is 33.3 Å². The van der Waals surface area contributed by atoms with Crippen molar-refractivity contribution >= 4 is 16.9 Å². The maximum absolute atomic E-state index is 12.6. The molecule has 1 fully saturated rings. The van der Waals surface area contributed by atoms with E-state index in [2.05, 4.69) is 5.32 Å². The predicted molar refractivity (Wildman–Crippen MR) is 93.0 cm³/mol. The number of fused-ring (bicyclic) bond motifs is 1. The number of aryl methyl sites for hydroxylation is 1. The molecule has 24 heavy (non-hydrogen) atoms. The molecule has 0 aliphatic carbocycles. The number of para-hydroxylation sites is 2. The molecule has 0 radical (unpaired) electrons. The molecule has 0 saturated carbocycles. The van der Waals surface area contributed by atoms with Crippen LogP contribution in [0.25, 0.3) is 11.0 Å². The van der Waals surface area contributed by atoms with Gasteiger partial charge in [0.1, 0.15) is 6.54 Å². The minimum atomic E-state index is -0.137. The molecule has 1 unspecified atom stereocenters. The van der Waals surface area contributed by atoms with E-state index in [1.54, 1.807) is 9.13 Å². The van der Waals surface area contributed by atoms with Crippen molar-refractivity contribution in [3.05, 3.63) is 34.7 Å². The molecule has 1 aromatic carbocycles. The zero-order chi connectivity index (χ0) is 17.3. The summed E-state index contributed by atoms with van der Waals surface area (Å²) in [5.41, 5.74) is 1.53. The molecule has 6 heteroatoms. The van der Waals surface area contributed by atoms with E-state index in [9.17, 15) is 9.59 Å². The Bertz CT molecular complexity index is 782. The molecule has 3 rings (SSSR count). The number of carbonyl (C=O) groups excluding carboxylic acids is 1. The van der Waals surface area contributed by atoms with Gasteiger partial charge in [-0.05, 0) is 45.7 Å². The zero-order valence-electron chi connectivity index (χ0n) is 14.5. The second-order valence-electron chi connectivity index (χ2n) is 6.59. The molecule has 1 saturated heterocycles. The van der Waals surface area contributed by atoms with Crippen molar-refractivity contribution in [1.29, 1.82) is 0 Å². The maximum Gasteiger partial charge on any atom is 0.329 e. The Hall–Kier alpha value is -2.08. The first-order valence-corrected chi connectivity index (χ1v) is 8.62. The van der Waals surface area contributed by atoms with Gasteiger partial charge in [-0.1, -0.05) is 12.1 Å². The number of benzene rings is 1. The van der Waals surface area contributed by atoms with E-state index >= 15 is 0 Å². The van der Waals surface area contributed by atoms with Crippen LogP contribution in [0, 0.1) is 0 Å². The molecule has 1 aliphatic heterocycles. The highest BCUT2D eigenvalue weighted by atomic mass is 16.5. The Morgan fingerprint density at radius 2 is 1.75 bits per heavy atom. The van der Waals surface area contributed by atoms with Gasteiger partial charge in [0.2, 0.25) is 5.91 Å². The predicted octanol–water partition coefficient (Wildman–Crippen LogP) is 1.90. The van der Waals surface area contributed by atoms with Crippen molar-refractivity contribution in [2.24, 2.45) is 0 Å². The van der Waals surface area contributed by atoms with E-state index in [1.165, 1.54) is 0 Å². The number of amides is 1. The summed E-state index contributed by atoms with van der Waals surface area (Å²) >= 11 is 0. The first-order valence-electron chi connectivity index (χ1n) is 8.62. The summed E-state index contributed by atoms with van der Waals surface area (Å²) in [5, 5.41) is 3.06. The lowest BCUT2D eigenvalue weighted by Gasteiger charge is -2.32. The fourth-order valence-corrected chi connectivity index (χ4v) is 3.67. The van der Waals surface area contributed by atoms with Gasteiger partial charge in [0, 0.05) is 12.6 Å². The second kappa shape index (κ2) is 6.81. The summed E-state index contributed by atoms with van der Waals surface area (Å²) in [7, 11) is 0. The normalized spacial score (nSPS) is 24.2. The van der Waals surface area contributed by atoms with Gasteiger partial charge in [0.05, 0.1) is 23.2 Å². The maximum atomic E-state index is 12.6. The topological polar surface area (TPSA) is 65.3 Å². The monoisotopic (exact) mass is 331 g/mol. The molecule has 0 spiro atoms. The molecule has 3 atom stereocenters. The first-order chi connectivity index (χ1) is 11.5. The third kappa shape index (κ3) is 3.24. The molecule has 130 valence electrons. The van der Waals surface area contributed by atoms with Gasteiger partial charge in [-0.25, -0.2) is 4.79 Å². The molecule has 1 N–H and O–H groups in total. The Morgan fingerprint density at radius 1 is 1.17 bits per heavy atom. The molecule has 1 aromatic heterocycles. The number of aromatic nitrogens is 2. The first kappa shape index (κ1) is 16.8. The highest BCUT2D eigenvalue weighted by Gasteiger charge is 2.26. The molecule has 6 nitrogen and oxygen atoms in total. The van der Waals surface area contributed by atoms with Gasteiger partial charge in [-0.2, -0.15) is 0 Å². The largest absolute Gasteiger partial charge is 0.375 e. The third-order valence-electron chi connectivity index (χ3n) is 4.61. The fraction of sp³-hybridized carbons (Fsp3) is 0.556. The Labute approximate surface area is 141 Å². The van der Waals surface area contributed by atoms with Crippen LogP contribution in [0.5, 0.6) is 0 Å². The van der Waals surface area contributed by atoms with Crippen molar-refractivity contribution in [1.82, 2.24) is 14.5 Å². The van der Waals surface area contributed by atoms with Crippen LogP contribution in [0.3, 0.4) is 0 Å². The smallest absolute Gasteiger partial charge is 0.329 e. The number of ether oxygens (including phenoxy) is 1. The summed E-state index contributed by atoms with van der Waals surface area (Å²) in [6.07, 6.45) is 1.90. The van der Waals surface area contributed by atoms with E-state index in [0.717, 1.165) is 23.9 Å². The van der Waals surface area contributed by atoms with E-state index in [4.69, 9.17) is 4.74 Å². The van der Waals surface area contributed by atoms with Crippen molar-refractivity contribution in [2.75, 3.05) is 0 Å². The quantitative estimate of drug-likeness (QED) is 0.930. The molecule has 2 aromatic rings. The summed E-state index contributed by atoms with van der Waals surface area (Å²) in [6.45, 7) is 6.61. The SMILES string of the molecule is CCn1c(=O)n(CC(=O)NC2C[C@@H](C)O[C@@H](C)C2)c2ccccc21. The zero-order valence-corrected chi connectivity index (χ0v) is 14.5. The second-order valence-corrected chi connectivity index (χ2v) is 6.59. The van der Waals surface area contributed by atoms with Gasteiger partial charge in [-0.3, -0.25) is 13.9 Å². The number of nitrogens with one attached hydrogen (secondary N) is 1. The van der Waals surface area contributed by atoms with Gasteiger partial charge >= 0.3 is 5.69 Å². The van der Waals surface area contributed by atoms with E-state index in [-0.39, 0.29) is 36.4 Å². The van der Waals surface area contributed by atoms with Crippen LogP contribution < -0.4 is 11.0 Å². The van der Waals surface area contributed by atoms with Gasteiger partial charge in [0.25, 0.3) is 0 Å². The lowest BCUT2D eigenvalue weighted by molar-refractivity contribution is -0.124. The van der Waals surface area contributed by atoms with E-state index in [1.807, 2.05) is 45.0 Å². The number of hydrogen-bond acceptors (Lipinski definition) is 3. The fourth-order valence-electron chi connectivity index (χ4n) is 3.67. The van der Waals surface area contributed by atoms with Crippen LogP contribution in [0.2, 0.25) is 0 Å². The Kier molecular flexibility index (Phi) is 4.76.